The Hall–Kier alpha value is -2.08. The highest BCUT2D eigenvalue weighted by Gasteiger charge is 2.16. The van der Waals surface area contributed by atoms with Gasteiger partial charge in [-0.15, -0.1) is 11.3 Å². The first kappa shape index (κ1) is 13.4. The Bertz CT molecular complexity index is 569. The van der Waals surface area contributed by atoms with E-state index < -0.39 is 0 Å². The smallest absolute Gasteiger partial charge is 0.254 e. The lowest BCUT2D eigenvalue weighted by Crippen LogP contribution is -2.27. The van der Waals surface area contributed by atoms with E-state index in [0.29, 0.717) is 17.0 Å². The second kappa shape index (κ2) is 5.71. The largest absolute Gasteiger partial charge is 0.495 e. The Morgan fingerprint density at radius 3 is 2.95 bits per heavy atom. The second-order valence-corrected chi connectivity index (χ2v) is 4.91. The van der Waals surface area contributed by atoms with Crippen LogP contribution in [0.1, 0.15) is 28.3 Å². The predicted molar refractivity (Wildman–Crippen MR) is 75.4 cm³/mol. The zero-order valence-corrected chi connectivity index (χ0v) is 11.5. The van der Waals surface area contributed by atoms with E-state index in [1.54, 1.807) is 24.4 Å². The average molecular weight is 277 g/mol. The highest BCUT2D eigenvalue weighted by molar-refractivity contribution is 7.09. The number of thiazole rings is 1. The molecule has 0 bridgehead atoms. The fourth-order valence-electron chi connectivity index (χ4n) is 1.70. The number of anilines is 1. The number of hydrogen-bond donors (Lipinski definition) is 2. The van der Waals surface area contributed by atoms with E-state index in [2.05, 4.69) is 10.3 Å². The molecule has 1 aromatic heterocycles. The van der Waals surface area contributed by atoms with Crippen LogP contribution >= 0.6 is 11.3 Å². The first-order valence-electron chi connectivity index (χ1n) is 5.76. The zero-order valence-electron chi connectivity index (χ0n) is 10.7. The maximum atomic E-state index is 12.2. The number of nitrogens with one attached hydrogen (secondary N) is 1. The average Bonchev–Trinajstić information content (AvgIpc) is 2.92. The molecule has 0 aliphatic rings. The molecule has 0 fully saturated rings. The molecule has 0 spiro atoms. The number of nitrogens with two attached hydrogens (primary N) is 1. The van der Waals surface area contributed by atoms with Crippen molar-refractivity contribution in [2.24, 2.45) is 0 Å². The summed E-state index contributed by atoms with van der Waals surface area (Å²) in [5.41, 5.74) is 6.64. The van der Waals surface area contributed by atoms with Gasteiger partial charge in [0.15, 0.2) is 0 Å². The molecule has 0 aliphatic heterocycles. The van der Waals surface area contributed by atoms with Crippen molar-refractivity contribution in [1.29, 1.82) is 0 Å². The van der Waals surface area contributed by atoms with Gasteiger partial charge in [0.25, 0.3) is 5.91 Å². The Kier molecular flexibility index (Phi) is 4.01. The minimum absolute atomic E-state index is 0.155. The number of amides is 1. The second-order valence-electron chi connectivity index (χ2n) is 3.99. The summed E-state index contributed by atoms with van der Waals surface area (Å²) in [6.45, 7) is 1.88. The Morgan fingerprint density at radius 2 is 2.32 bits per heavy atom. The van der Waals surface area contributed by atoms with E-state index in [4.69, 9.17) is 10.5 Å². The summed E-state index contributed by atoms with van der Waals surface area (Å²) in [7, 11) is 1.52. The van der Waals surface area contributed by atoms with Crippen molar-refractivity contribution in [3.05, 3.63) is 40.3 Å². The molecule has 0 aliphatic carbocycles. The standard InChI is InChI=1S/C13H15N3O2S/c1-8(13-15-6-7-19-13)16-12(17)9-4-3-5-10(18-2)11(9)14/h3-8H,14H2,1-2H3,(H,16,17). The molecule has 2 rings (SSSR count). The van der Waals surface area contributed by atoms with Gasteiger partial charge in [-0.1, -0.05) is 6.07 Å². The van der Waals surface area contributed by atoms with Gasteiger partial charge in [0, 0.05) is 11.6 Å². The molecule has 2 aromatic rings. The van der Waals surface area contributed by atoms with Gasteiger partial charge in [0.2, 0.25) is 0 Å². The normalized spacial score (nSPS) is 11.9. The van der Waals surface area contributed by atoms with E-state index in [1.807, 2.05) is 12.3 Å². The summed E-state index contributed by atoms with van der Waals surface area (Å²) in [4.78, 5) is 16.3. The number of nitrogens with zero attached hydrogens (tertiary/aromatic N) is 1. The predicted octanol–water partition coefficient (Wildman–Crippen LogP) is 2.22. The third-order valence-corrected chi connectivity index (χ3v) is 3.66. The monoisotopic (exact) mass is 277 g/mol. The highest BCUT2D eigenvalue weighted by atomic mass is 32.1. The highest BCUT2D eigenvalue weighted by Crippen LogP contribution is 2.25. The lowest BCUT2D eigenvalue weighted by atomic mass is 10.1. The molecule has 19 heavy (non-hydrogen) atoms. The van der Waals surface area contributed by atoms with Gasteiger partial charge >= 0.3 is 0 Å². The molecule has 1 amide bonds. The summed E-state index contributed by atoms with van der Waals surface area (Å²) in [5.74, 6) is 0.258. The molecular formula is C13H15N3O2S. The Balaban J connectivity index is 2.16. The van der Waals surface area contributed by atoms with Gasteiger partial charge in [0.05, 0.1) is 24.4 Å². The number of hydrogen-bond acceptors (Lipinski definition) is 5. The van der Waals surface area contributed by atoms with E-state index in [9.17, 15) is 4.79 Å². The van der Waals surface area contributed by atoms with Gasteiger partial charge in [-0.3, -0.25) is 4.79 Å². The molecule has 1 unspecified atom stereocenters. The molecule has 0 radical (unpaired) electrons. The van der Waals surface area contributed by atoms with Crippen LogP contribution < -0.4 is 15.8 Å². The van der Waals surface area contributed by atoms with E-state index >= 15 is 0 Å². The van der Waals surface area contributed by atoms with Crippen LogP contribution in [-0.2, 0) is 0 Å². The third kappa shape index (κ3) is 2.85. The van der Waals surface area contributed by atoms with Crippen LogP contribution in [0.4, 0.5) is 5.69 Å². The number of benzene rings is 1. The first-order valence-corrected chi connectivity index (χ1v) is 6.64. The number of methoxy groups -OCH3 is 1. The minimum atomic E-state index is -0.237. The van der Waals surface area contributed by atoms with E-state index in [0.717, 1.165) is 5.01 Å². The first-order chi connectivity index (χ1) is 9.13. The lowest BCUT2D eigenvalue weighted by molar-refractivity contribution is 0.0940. The quantitative estimate of drug-likeness (QED) is 0.840. The van der Waals surface area contributed by atoms with Crippen molar-refractivity contribution in [3.63, 3.8) is 0 Å². The van der Waals surface area contributed by atoms with Crippen molar-refractivity contribution in [3.8, 4) is 5.75 Å². The summed E-state index contributed by atoms with van der Waals surface area (Å²) < 4.78 is 5.10. The van der Waals surface area contributed by atoms with Gasteiger partial charge in [-0.2, -0.15) is 0 Å². The van der Waals surface area contributed by atoms with Gasteiger partial charge in [0.1, 0.15) is 10.8 Å². The van der Waals surface area contributed by atoms with Gasteiger partial charge in [-0.05, 0) is 19.1 Å². The molecule has 5 nitrogen and oxygen atoms in total. The molecule has 3 N–H and O–H groups in total. The summed E-state index contributed by atoms with van der Waals surface area (Å²) in [6.07, 6.45) is 1.71. The maximum absolute atomic E-state index is 12.2. The lowest BCUT2D eigenvalue weighted by Gasteiger charge is -2.13. The van der Waals surface area contributed by atoms with Crippen molar-refractivity contribution >= 4 is 22.9 Å². The van der Waals surface area contributed by atoms with Crippen molar-refractivity contribution < 1.29 is 9.53 Å². The third-order valence-electron chi connectivity index (χ3n) is 2.70. The maximum Gasteiger partial charge on any atom is 0.254 e. The number of para-hydroxylation sites is 1. The summed E-state index contributed by atoms with van der Waals surface area (Å²) in [5, 5.41) is 5.59. The SMILES string of the molecule is COc1cccc(C(=O)NC(C)c2nccs2)c1N. The number of carbonyl (C=O) groups excluding carboxylic acids is 1. The topological polar surface area (TPSA) is 77.2 Å². The molecule has 1 atom stereocenters. The molecule has 1 heterocycles. The number of carbonyl (C=O) groups is 1. The molecule has 6 heteroatoms. The molecule has 0 saturated carbocycles. The van der Waals surface area contributed by atoms with E-state index in [-0.39, 0.29) is 11.9 Å². The Morgan fingerprint density at radius 1 is 1.53 bits per heavy atom. The van der Waals surface area contributed by atoms with Crippen molar-refractivity contribution in [1.82, 2.24) is 10.3 Å². The van der Waals surface area contributed by atoms with Crippen molar-refractivity contribution in [2.45, 2.75) is 13.0 Å². The van der Waals surface area contributed by atoms with Crippen LogP contribution in [0.15, 0.2) is 29.8 Å². The van der Waals surface area contributed by atoms with Crippen LogP contribution in [0.5, 0.6) is 5.75 Å². The van der Waals surface area contributed by atoms with Crippen LogP contribution in [0.25, 0.3) is 0 Å². The van der Waals surface area contributed by atoms with Crippen LogP contribution in [-0.4, -0.2) is 18.0 Å². The molecular weight excluding hydrogens is 262 g/mol. The minimum Gasteiger partial charge on any atom is -0.495 e. The van der Waals surface area contributed by atoms with Gasteiger partial charge in [-0.25, -0.2) is 4.98 Å². The van der Waals surface area contributed by atoms with Crippen LogP contribution in [0.2, 0.25) is 0 Å². The van der Waals surface area contributed by atoms with Crippen LogP contribution in [0, 0.1) is 0 Å². The number of ether oxygens (including phenoxy) is 1. The van der Waals surface area contributed by atoms with Crippen LogP contribution in [0.3, 0.4) is 0 Å². The van der Waals surface area contributed by atoms with Gasteiger partial charge < -0.3 is 15.8 Å². The fraction of sp³-hybridized carbons (Fsp3) is 0.231. The zero-order chi connectivity index (χ0) is 13.8. The molecule has 1 aromatic carbocycles. The Labute approximate surface area is 115 Å². The molecule has 0 saturated heterocycles. The number of rotatable bonds is 4. The summed E-state index contributed by atoms with van der Waals surface area (Å²) >= 11 is 1.50. The number of nitrogen functional groups attached to an aromatic ring is 1. The molecule has 100 valence electrons. The number of aromatic nitrogens is 1. The fourth-order valence-corrected chi connectivity index (χ4v) is 2.35. The summed E-state index contributed by atoms with van der Waals surface area (Å²) in [6, 6.07) is 4.97. The van der Waals surface area contributed by atoms with Crippen molar-refractivity contribution in [2.75, 3.05) is 12.8 Å². The van der Waals surface area contributed by atoms with E-state index in [1.165, 1.54) is 18.4 Å².